The minimum atomic E-state index is -3.67. The van der Waals surface area contributed by atoms with Gasteiger partial charge in [0.05, 0.1) is 29.3 Å². The van der Waals surface area contributed by atoms with E-state index in [1.165, 1.54) is 16.6 Å². The average Bonchev–Trinajstić information content (AvgIpc) is 2.98. The zero-order chi connectivity index (χ0) is 15.5. The van der Waals surface area contributed by atoms with Crippen LogP contribution in [0.1, 0.15) is 23.8 Å². The monoisotopic (exact) mass is 304 g/mol. The van der Waals surface area contributed by atoms with Gasteiger partial charge in [-0.15, -0.1) is 0 Å². The smallest absolute Gasteiger partial charge is 0.243 e. The van der Waals surface area contributed by atoms with E-state index in [0.29, 0.717) is 23.4 Å². The molecule has 0 atom stereocenters. The summed E-state index contributed by atoms with van der Waals surface area (Å²) in [6, 6.07) is 10.1. The van der Waals surface area contributed by atoms with Crippen molar-refractivity contribution >= 4 is 10.0 Å². The molecule has 1 aromatic heterocycles. The molecule has 0 fully saturated rings. The van der Waals surface area contributed by atoms with Gasteiger partial charge in [-0.1, -0.05) is 13.0 Å². The van der Waals surface area contributed by atoms with E-state index in [9.17, 15) is 8.42 Å². The van der Waals surface area contributed by atoms with Crippen molar-refractivity contribution in [1.82, 2.24) is 4.31 Å². The number of rotatable bonds is 5. The molecule has 0 aliphatic rings. The zero-order valence-corrected chi connectivity index (χ0v) is 12.7. The highest BCUT2D eigenvalue weighted by Gasteiger charge is 2.26. The molecule has 1 aromatic carbocycles. The predicted molar refractivity (Wildman–Crippen MR) is 77.9 cm³/mol. The predicted octanol–water partition coefficient (Wildman–Crippen LogP) is 2.67. The van der Waals surface area contributed by atoms with Gasteiger partial charge in [-0.3, -0.25) is 0 Å². The van der Waals surface area contributed by atoms with Crippen molar-refractivity contribution in [2.24, 2.45) is 0 Å². The Balaban J connectivity index is 2.42. The van der Waals surface area contributed by atoms with E-state index in [1.54, 1.807) is 38.1 Å². The highest BCUT2D eigenvalue weighted by Crippen LogP contribution is 2.22. The molecule has 0 amide bonds. The van der Waals surface area contributed by atoms with Crippen molar-refractivity contribution in [2.75, 3.05) is 6.54 Å². The minimum Gasteiger partial charge on any atom is -0.468 e. The molecule has 21 heavy (non-hydrogen) atoms. The molecule has 0 unspecified atom stereocenters. The standard InChI is InChI=1S/C15H16N2O3S/c1-3-17(11-14-5-4-8-20-14)21(18,19)15-9-13(10-16)7-6-12(15)2/h4-9H,3,11H2,1-2H3. The first-order valence-electron chi connectivity index (χ1n) is 6.52. The first kappa shape index (κ1) is 15.3. The molecule has 2 rings (SSSR count). The summed E-state index contributed by atoms with van der Waals surface area (Å²) in [7, 11) is -3.67. The summed E-state index contributed by atoms with van der Waals surface area (Å²) in [6.45, 7) is 3.97. The molecule has 0 saturated carbocycles. The maximum atomic E-state index is 12.8. The van der Waals surface area contributed by atoms with Crippen molar-refractivity contribution in [1.29, 1.82) is 5.26 Å². The fourth-order valence-corrected chi connectivity index (χ4v) is 3.70. The lowest BCUT2D eigenvalue weighted by molar-refractivity contribution is 0.375. The third kappa shape index (κ3) is 3.15. The number of nitrogens with zero attached hydrogens (tertiary/aromatic N) is 2. The van der Waals surface area contributed by atoms with Gasteiger partial charge in [-0.2, -0.15) is 9.57 Å². The highest BCUT2D eigenvalue weighted by atomic mass is 32.2. The lowest BCUT2D eigenvalue weighted by Crippen LogP contribution is -2.30. The molecule has 0 saturated heterocycles. The first-order chi connectivity index (χ1) is 9.98. The number of benzene rings is 1. The Hall–Kier alpha value is -2.10. The van der Waals surface area contributed by atoms with Crippen LogP contribution in [0.3, 0.4) is 0 Å². The summed E-state index contributed by atoms with van der Waals surface area (Å²) in [5.41, 5.74) is 0.945. The van der Waals surface area contributed by atoms with Crippen molar-refractivity contribution in [2.45, 2.75) is 25.3 Å². The van der Waals surface area contributed by atoms with Crippen LogP contribution >= 0.6 is 0 Å². The van der Waals surface area contributed by atoms with E-state index in [4.69, 9.17) is 9.68 Å². The quantitative estimate of drug-likeness (QED) is 0.851. The fourth-order valence-electron chi connectivity index (χ4n) is 2.03. The fraction of sp³-hybridized carbons (Fsp3) is 0.267. The molecule has 0 N–H and O–H groups in total. The second-order valence-corrected chi connectivity index (χ2v) is 6.51. The van der Waals surface area contributed by atoms with Crippen LogP contribution in [0.4, 0.5) is 0 Å². The van der Waals surface area contributed by atoms with Gasteiger partial charge in [0.15, 0.2) is 0 Å². The molecule has 5 nitrogen and oxygen atoms in total. The molecular formula is C15H16N2O3S. The van der Waals surface area contributed by atoms with Crippen LogP contribution in [-0.4, -0.2) is 19.3 Å². The number of nitriles is 1. The van der Waals surface area contributed by atoms with E-state index < -0.39 is 10.0 Å². The molecule has 6 heteroatoms. The van der Waals surface area contributed by atoms with Gasteiger partial charge in [-0.25, -0.2) is 8.42 Å². The van der Waals surface area contributed by atoms with E-state index in [-0.39, 0.29) is 11.4 Å². The lowest BCUT2D eigenvalue weighted by Gasteiger charge is -2.20. The second-order valence-electron chi connectivity index (χ2n) is 4.60. The third-order valence-electron chi connectivity index (χ3n) is 3.20. The van der Waals surface area contributed by atoms with E-state index in [2.05, 4.69) is 0 Å². The molecular weight excluding hydrogens is 288 g/mol. The number of furan rings is 1. The lowest BCUT2D eigenvalue weighted by atomic mass is 10.2. The van der Waals surface area contributed by atoms with Crippen LogP contribution in [-0.2, 0) is 16.6 Å². The van der Waals surface area contributed by atoms with Gasteiger partial charge >= 0.3 is 0 Å². The van der Waals surface area contributed by atoms with E-state index in [0.717, 1.165) is 0 Å². The van der Waals surface area contributed by atoms with Crippen LogP contribution in [0.25, 0.3) is 0 Å². The van der Waals surface area contributed by atoms with Crippen LogP contribution in [0, 0.1) is 18.3 Å². The number of hydrogen-bond acceptors (Lipinski definition) is 4. The summed E-state index contributed by atoms with van der Waals surface area (Å²) >= 11 is 0. The summed E-state index contributed by atoms with van der Waals surface area (Å²) in [6.07, 6.45) is 1.51. The van der Waals surface area contributed by atoms with Crippen LogP contribution < -0.4 is 0 Å². The Bertz CT molecular complexity index is 759. The topological polar surface area (TPSA) is 74.3 Å². The Morgan fingerprint density at radius 2 is 2.10 bits per heavy atom. The van der Waals surface area contributed by atoms with Crippen LogP contribution in [0.2, 0.25) is 0 Å². The minimum absolute atomic E-state index is 0.162. The largest absolute Gasteiger partial charge is 0.468 e. The molecule has 0 spiro atoms. The van der Waals surface area contributed by atoms with Gasteiger partial charge in [0.2, 0.25) is 10.0 Å². The Morgan fingerprint density at radius 3 is 2.67 bits per heavy atom. The van der Waals surface area contributed by atoms with Crippen molar-refractivity contribution in [3.63, 3.8) is 0 Å². The Labute approximate surface area is 124 Å². The van der Waals surface area contributed by atoms with Crippen molar-refractivity contribution < 1.29 is 12.8 Å². The summed E-state index contributed by atoms with van der Waals surface area (Å²) in [4.78, 5) is 0.162. The molecule has 0 radical (unpaired) electrons. The van der Waals surface area contributed by atoms with Crippen molar-refractivity contribution in [3.05, 3.63) is 53.5 Å². The van der Waals surface area contributed by atoms with Gasteiger partial charge < -0.3 is 4.42 Å². The van der Waals surface area contributed by atoms with Gasteiger partial charge in [0.1, 0.15) is 5.76 Å². The summed E-state index contributed by atoms with van der Waals surface area (Å²) in [5, 5.41) is 8.95. The maximum Gasteiger partial charge on any atom is 0.243 e. The summed E-state index contributed by atoms with van der Waals surface area (Å²) < 4.78 is 32.0. The first-order valence-corrected chi connectivity index (χ1v) is 7.96. The maximum absolute atomic E-state index is 12.8. The Kier molecular flexibility index (Phi) is 4.46. The second kappa shape index (κ2) is 6.12. The zero-order valence-electron chi connectivity index (χ0n) is 11.9. The third-order valence-corrected chi connectivity index (χ3v) is 5.26. The van der Waals surface area contributed by atoms with Gasteiger partial charge in [0.25, 0.3) is 0 Å². The number of aryl methyl sites for hydroxylation is 1. The molecule has 0 aliphatic carbocycles. The molecule has 0 bridgehead atoms. The Morgan fingerprint density at radius 1 is 1.33 bits per heavy atom. The molecule has 110 valence electrons. The van der Waals surface area contributed by atoms with Crippen LogP contribution in [0.15, 0.2) is 45.9 Å². The van der Waals surface area contributed by atoms with E-state index >= 15 is 0 Å². The molecule has 0 aliphatic heterocycles. The van der Waals surface area contributed by atoms with E-state index in [1.807, 2.05) is 6.07 Å². The molecule has 2 aromatic rings. The number of hydrogen-bond donors (Lipinski definition) is 0. The SMILES string of the molecule is CCN(Cc1ccco1)S(=O)(=O)c1cc(C#N)ccc1C. The van der Waals surface area contributed by atoms with Crippen LogP contribution in [0.5, 0.6) is 0 Å². The number of sulfonamides is 1. The summed E-state index contributed by atoms with van der Waals surface area (Å²) in [5.74, 6) is 0.578. The van der Waals surface area contributed by atoms with Crippen molar-refractivity contribution in [3.8, 4) is 6.07 Å². The van der Waals surface area contributed by atoms with Gasteiger partial charge in [0, 0.05) is 6.54 Å². The van der Waals surface area contributed by atoms with Gasteiger partial charge in [-0.05, 0) is 36.8 Å². The average molecular weight is 304 g/mol. The molecule has 1 heterocycles. The normalized spacial score (nSPS) is 11.5. The highest BCUT2D eigenvalue weighted by molar-refractivity contribution is 7.89.